The van der Waals surface area contributed by atoms with E-state index in [2.05, 4.69) is 30.2 Å². The van der Waals surface area contributed by atoms with Gasteiger partial charge in [-0.2, -0.15) is 5.10 Å². The van der Waals surface area contributed by atoms with Crippen LogP contribution < -0.4 is 0 Å². The summed E-state index contributed by atoms with van der Waals surface area (Å²) in [6.45, 7) is 6.34. The van der Waals surface area contributed by atoms with Crippen molar-refractivity contribution in [2.75, 3.05) is 20.3 Å². The number of hydrogen-bond donors (Lipinski definition) is 0. The Morgan fingerprint density at radius 3 is 3.07 bits per heavy atom. The van der Waals surface area contributed by atoms with E-state index in [1.165, 1.54) is 25.7 Å². The SMILES string of the molecule is CCC[C@@H](C)C=NN1CCC[C@@H]1COC. The molecule has 0 bridgehead atoms. The Balaban J connectivity index is 2.35. The van der Waals surface area contributed by atoms with Gasteiger partial charge in [0.15, 0.2) is 0 Å². The normalized spacial score (nSPS) is 23.9. The van der Waals surface area contributed by atoms with Crippen molar-refractivity contribution in [3.63, 3.8) is 0 Å². The lowest BCUT2D eigenvalue weighted by molar-refractivity contribution is 0.118. The molecule has 0 aliphatic carbocycles. The average molecular weight is 212 g/mol. The second-order valence-corrected chi connectivity index (χ2v) is 4.44. The third-order valence-corrected chi connectivity index (χ3v) is 2.92. The second kappa shape index (κ2) is 6.83. The lowest BCUT2D eigenvalue weighted by Crippen LogP contribution is -2.28. The maximum absolute atomic E-state index is 5.19. The van der Waals surface area contributed by atoms with Gasteiger partial charge in [-0.25, -0.2) is 0 Å². The molecular weight excluding hydrogens is 188 g/mol. The second-order valence-electron chi connectivity index (χ2n) is 4.44. The summed E-state index contributed by atoms with van der Waals surface area (Å²) in [5.74, 6) is 0.596. The predicted molar refractivity (Wildman–Crippen MR) is 64.2 cm³/mol. The van der Waals surface area contributed by atoms with Crippen molar-refractivity contribution in [2.45, 2.75) is 45.6 Å². The van der Waals surface area contributed by atoms with Crippen molar-refractivity contribution >= 4 is 6.21 Å². The molecular formula is C12H24N2O. The van der Waals surface area contributed by atoms with Gasteiger partial charge in [0, 0.05) is 19.9 Å². The van der Waals surface area contributed by atoms with Crippen LogP contribution >= 0.6 is 0 Å². The lowest BCUT2D eigenvalue weighted by Gasteiger charge is -2.20. The summed E-state index contributed by atoms with van der Waals surface area (Å²) in [4.78, 5) is 0. The fourth-order valence-electron chi connectivity index (χ4n) is 2.06. The Morgan fingerprint density at radius 2 is 2.40 bits per heavy atom. The smallest absolute Gasteiger partial charge is 0.0704 e. The minimum atomic E-state index is 0.500. The summed E-state index contributed by atoms with van der Waals surface area (Å²) in [5.41, 5.74) is 0. The third kappa shape index (κ3) is 4.20. The van der Waals surface area contributed by atoms with Gasteiger partial charge >= 0.3 is 0 Å². The highest BCUT2D eigenvalue weighted by Gasteiger charge is 2.22. The van der Waals surface area contributed by atoms with E-state index in [4.69, 9.17) is 4.74 Å². The van der Waals surface area contributed by atoms with Crippen molar-refractivity contribution in [1.82, 2.24) is 5.01 Å². The van der Waals surface area contributed by atoms with Gasteiger partial charge in [0.05, 0.1) is 12.6 Å². The highest BCUT2D eigenvalue weighted by atomic mass is 16.5. The van der Waals surface area contributed by atoms with Crippen LogP contribution in [0.4, 0.5) is 0 Å². The van der Waals surface area contributed by atoms with Gasteiger partial charge in [0.2, 0.25) is 0 Å². The highest BCUT2D eigenvalue weighted by Crippen LogP contribution is 2.17. The Morgan fingerprint density at radius 1 is 1.60 bits per heavy atom. The van der Waals surface area contributed by atoms with E-state index >= 15 is 0 Å². The zero-order valence-corrected chi connectivity index (χ0v) is 10.3. The largest absolute Gasteiger partial charge is 0.382 e. The molecule has 0 aromatic rings. The van der Waals surface area contributed by atoms with Crippen LogP contribution in [0.15, 0.2) is 5.10 Å². The Hall–Kier alpha value is -0.570. The van der Waals surface area contributed by atoms with Crippen LogP contribution in [0.25, 0.3) is 0 Å². The predicted octanol–water partition coefficient (Wildman–Crippen LogP) is 2.52. The van der Waals surface area contributed by atoms with Gasteiger partial charge < -0.3 is 4.74 Å². The van der Waals surface area contributed by atoms with Crippen molar-refractivity contribution in [2.24, 2.45) is 11.0 Å². The van der Waals surface area contributed by atoms with Gasteiger partial charge in [-0.15, -0.1) is 0 Å². The molecule has 0 N–H and O–H groups in total. The van der Waals surface area contributed by atoms with Crippen molar-refractivity contribution < 1.29 is 4.74 Å². The zero-order valence-electron chi connectivity index (χ0n) is 10.3. The first-order valence-electron chi connectivity index (χ1n) is 6.07. The van der Waals surface area contributed by atoms with E-state index in [1.54, 1.807) is 7.11 Å². The average Bonchev–Trinajstić information content (AvgIpc) is 2.64. The number of rotatable bonds is 6. The van der Waals surface area contributed by atoms with Gasteiger partial charge in [-0.1, -0.05) is 20.3 Å². The van der Waals surface area contributed by atoms with E-state index in [0.29, 0.717) is 12.0 Å². The van der Waals surface area contributed by atoms with E-state index < -0.39 is 0 Å². The molecule has 1 rings (SSSR count). The van der Waals surface area contributed by atoms with Crippen LogP contribution in [0.5, 0.6) is 0 Å². The monoisotopic (exact) mass is 212 g/mol. The molecule has 15 heavy (non-hydrogen) atoms. The van der Waals surface area contributed by atoms with Crippen LogP contribution in [0.3, 0.4) is 0 Å². The standard InChI is InChI=1S/C12H24N2O/c1-4-6-11(2)9-13-14-8-5-7-12(14)10-15-3/h9,11-12H,4-8,10H2,1-3H3/t11-,12-/m1/s1. The summed E-state index contributed by atoms with van der Waals surface area (Å²) in [6.07, 6.45) is 7.01. The van der Waals surface area contributed by atoms with Crippen LogP contribution in [-0.4, -0.2) is 37.5 Å². The van der Waals surface area contributed by atoms with E-state index in [-0.39, 0.29) is 0 Å². The molecule has 0 aromatic heterocycles. The first-order valence-corrected chi connectivity index (χ1v) is 6.07. The van der Waals surface area contributed by atoms with Crippen LogP contribution in [0, 0.1) is 5.92 Å². The zero-order chi connectivity index (χ0) is 11.1. The topological polar surface area (TPSA) is 24.8 Å². The Bertz CT molecular complexity index is 194. The van der Waals surface area contributed by atoms with Crippen LogP contribution in [-0.2, 0) is 4.74 Å². The Kier molecular flexibility index (Phi) is 5.69. The van der Waals surface area contributed by atoms with Crippen molar-refractivity contribution in [3.05, 3.63) is 0 Å². The quantitative estimate of drug-likeness (QED) is 0.632. The first-order chi connectivity index (χ1) is 7.27. The van der Waals surface area contributed by atoms with Crippen LogP contribution in [0.1, 0.15) is 39.5 Å². The fraction of sp³-hybridized carbons (Fsp3) is 0.917. The van der Waals surface area contributed by atoms with Gasteiger partial charge in [0.1, 0.15) is 0 Å². The maximum atomic E-state index is 5.19. The first kappa shape index (κ1) is 12.5. The number of nitrogens with zero attached hydrogens (tertiary/aromatic N) is 2. The molecule has 1 aliphatic rings. The number of hydrazone groups is 1. The summed E-state index contributed by atoms with van der Waals surface area (Å²) in [5, 5.41) is 6.76. The molecule has 0 radical (unpaired) electrons. The summed E-state index contributed by atoms with van der Waals surface area (Å²) in [6, 6.07) is 0.500. The summed E-state index contributed by atoms with van der Waals surface area (Å²) in [7, 11) is 1.76. The van der Waals surface area contributed by atoms with Gasteiger partial charge in [-0.05, 0) is 25.2 Å². The van der Waals surface area contributed by atoms with E-state index in [0.717, 1.165) is 13.2 Å². The molecule has 0 aromatic carbocycles. The molecule has 0 amide bonds. The minimum Gasteiger partial charge on any atom is -0.382 e. The molecule has 0 spiro atoms. The molecule has 1 fully saturated rings. The van der Waals surface area contributed by atoms with Crippen molar-refractivity contribution in [3.8, 4) is 0 Å². The molecule has 3 nitrogen and oxygen atoms in total. The number of methoxy groups -OCH3 is 1. The number of ether oxygens (including phenoxy) is 1. The lowest BCUT2D eigenvalue weighted by atomic mass is 10.1. The van der Waals surface area contributed by atoms with Gasteiger partial charge in [0.25, 0.3) is 0 Å². The molecule has 1 heterocycles. The third-order valence-electron chi connectivity index (χ3n) is 2.92. The molecule has 1 saturated heterocycles. The van der Waals surface area contributed by atoms with Crippen molar-refractivity contribution in [1.29, 1.82) is 0 Å². The molecule has 2 atom stereocenters. The van der Waals surface area contributed by atoms with E-state index in [1.807, 2.05) is 0 Å². The molecule has 88 valence electrons. The molecule has 3 heteroatoms. The van der Waals surface area contributed by atoms with Crippen LogP contribution in [0.2, 0.25) is 0 Å². The Labute approximate surface area is 93.5 Å². The van der Waals surface area contributed by atoms with E-state index in [9.17, 15) is 0 Å². The fourth-order valence-corrected chi connectivity index (χ4v) is 2.06. The van der Waals surface area contributed by atoms with Gasteiger partial charge in [-0.3, -0.25) is 5.01 Å². The summed E-state index contributed by atoms with van der Waals surface area (Å²) >= 11 is 0. The minimum absolute atomic E-state index is 0.500. The molecule has 0 unspecified atom stereocenters. The molecule has 1 aliphatic heterocycles. The molecule has 0 saturated carbocycles. The number of hydrogen-bond acceptors (Lipinski definition) is 3. The summed E-state index contributed by atoms with van der Waals surface area (Å²) < 4.78 is 5.19. The highest BCUT2D eigenvalue weighted by molar-refractivity contribution is 5.59. The maximum Gasteiger partial charge on any atom is 0.0704 e.